The minimum absolute atomic E-state index is 0.311. The van der Waals surface area contributed by atoms with Crippen LogP contribution in [-0.2, 0) is 9.59 Å². The van der Waals surface area contributed by atoms with Crippen LogP contribution in [-0.4, -0.2) is 29.1 Å². The van der Waals surface area contributed by atoms with E-state index in [0.717, 1.165) is 0 Å². The SMILES string of the molecule is CCC(=CCNC(C)(C)C(N)=O)C(=O)O. The maximum Gasteiger partial charge on any atom is 0.331 e. The predicted molar refractivity (Wildman–Crippen MR) is 57.3 cm³/mol. The quantitative estimate of drug-likeness (QED) is 0.553. The summed E-state index contributed by atoms with van der Waals surface area (Å²) in [5.41, 5.74) is 4.64. The molecule has 5 heteroatoms. The smallest absolute Gasteiger partial charge is 0.331 e. The van der Waals surface area contributed by atoms with Crippen molar-refractivity contribution in [3.63, 3.8) is 0 Å². The van der Waals surface area contributed by atoms with Crippen LogP contribution in [0, 0.1) is 0 Å². The molecular weight excluding hydrogens is 196 g/mol. The van der Waals surface area contributed by atoms with Crippen molar-refractivity contribution in [1.82, 2.24) is 5.32 Å². The van der Waals surface area contributed by atoms with E-state index in [1.807, 2.05) is 0 Å². The third kappa shape index (κ3) is 4.60. The Balaban J connectivity index is 4.29. The first-order valence-corrected chi connectivity index (χ1v) is 4.78. The molecule has 0 aliphatic carbocycles. The van der Waals surface area contributed by atoms with E-state index in [2.05, 4.69) is 5.32 Å². The summed E-state index contributed by atoms with van der Waals surface area (Å²) in [7, 11) is 0. The van der Waals surface area contributed by atoms with E-state index >= 15 is 0 Å². The predicted octanol–water partition coefficient (Wildman–Crippen LogP) is 0.261. The molecule has 0 fully saturated rings. The van der Waals surface area contributed by atoms with Gasteiger partial charge in [0.1, 0.15) is 0 Å². The highest BCUT2D eigenvalue weighted by Crippen LogP contribution is 2.02. The van der Waals surface area contributed by atoms with Crippen molar-refractivity contribution in [1.29, 1.82) is 0 Å². The Bertz CT molecular complexity index is 282. The Morgan fingerprint density at radius 3 is 2.33 bits per heavy atom. The molecule has 86 valence electrons. The van der Waals surface area contributed by atoms with Gasteiger partial charge in [0.2, 0.25) is 5.91 Å². The van der Waals surface area contributed by atoms with Crippen molar-refractivity contribution in [2.24, 2.45) is 5.73 Å². The van der Waals surface area contributed by atoms with Gasteiger partial charge in [-0.2, -0.15) is 0 Å². The number of carbonyl (C=O) groups excluding carboxylic acids is 1. The van der Waals surface area contributed by atoms with Crippen LogP contribution in [0.1, 0.15) is 27.2 Å². The second-order valence-corrected chi connectivity index (χ2v) is 3.76. The minimum Gasteiger partial charge on any atom is -0.478 e. The van der Waals surface area contributed by atoms with Gasteiger partial charge in [0.05, 0.1) is 5.54 Å². The van der Waals surface area contributed by atoms with E-state index in [4.69, 9.17) is 10.8 Å². The first-order valence-electron chi connectivity index (χ1n) is 4.78. The maximum absolute atomic E-state index is 10.9. The highest BCUT2D eigenvalue weighted by Gasteiger charge is 2.23. The van der Waals surface area contributed by atoms with Gasteiger partial charge in [-0.3, -0.25) is 4.79 Å². The van der Waals surface area contributed by atoms with Gasteiger partial charge < -0.3 is 16.2 Å². The molecule has 0 saturated carbocycles. The summed E-state index contributed by atoms with van der Waals surface area (Å²) < 4.78 is 0. The largest absolute Gasteiger partial charge is 0.478 e. The van der Waals surface area contributed by atoms with Crippen LogP contribution < -0.4 is 11.1 Å². The van der Waals surface area contributed by atoms with Crippen LogP contribution in [0.5, 0.6) is 0 Å². The Hall–Kier alpha value is -1.36. The highest BCUT2D eigenvalue weighted by molar-refractivity contribution is 5.86. The summed E-state index contributed by atoms with van der Waals surface area (Å²) in [6, 6.07) is 0. The van der Waals surface area contributed by atoms with Gasteiger partial charge in [0.15, 0.2) is 0 Å². The molecule has 0 rings (SSSR count). The number of carboxylic acids is 1. The second-order valence-electron chi connectivity index (χ2n) is 3.76. The fraction of sp³-hybridized carbons (Fsp3) is 0.600. The molecule has 0 radical (unpaired) electrons. The lowest BCUT2D eigenvalue weighted by atomic mass is 10.1. The van der Waals surface area contributed by atoms with Gasteiger partial charge in [0.25, 0.3) is 0 Å². The summed E-state index contributed by atoms with van der Waals surface area (Å²) in [6.07, 6.45) is 2.00. The molecule has 0 saturated heterocycles. The minimum atomic E-state index is -0.934. The lowest BCUT2D eigenvalue weighted by Crippen LogP contribution is -2.50. The van der Waals surface area contributed by atoms with Crippen LogP contribution in [0.15, 0.2) is 11.6 Å². The summed E-state index contributed by atoms with van der Waals surface area (Å²) in [5, 5.41) is 11.6. The maximum atomic E-state index is 10.9. The van der Waals surface area contributed by atoms with E-state index in [9.17, 15) is 9.59 Å². The molecule has 1 amide bonds. The molecule has 0 heterocycles. The summed E-state index contributed by atoms with van der Waals surface area (Å²) in [6.45, 7) is 5.37. The molecule has 0 bridgehead atoms. The van der Waals surface area contributed by atoms with Crippen LogP contribution in [0.4, 0.5) is 0 Å². The van der Waals surface area contributed by atoms with E-state index < -0.39 is 17.4 Å². The number of nitrogens with one attached hydrogen (secondary N) is 1. The molecule has 15 heavy (non-hydrogen) atoms. The zero-order chi connectivity index (χ0) is 12.1. The Morgan fingerprint density at radius 1 is 1.47 bits per heavy atom. The summed E-state index contributed by atoms with van der Waals surface area (Å²) in [4.78, 5) is 21.6. The summed E-state index contributed by atoms with van der Waals surface area (Å²) >= 11 is 0. The average Bonchev–Trinajstić information content (AvgIpc) is 2.11. The molecule has 0 aliphatic heterocycles. The Morgan fingerprint density at radius 2 is 2.00 bits per heavy atom. The van der Waals surface area contributed by atoms with Crippen molar-refractivity contribution >= 4 is 11.9 Å². The van der Waals surface area contributed by atoms with Gasteiger partial charge in [-0.05, 0) is 20.3 Å². The summed E-state index contributed by atoms with van der Waals surface area (Å²) in [5.74, 6) is -1.40. The van der Waals surface area contributed by atoms with Crippen molar-refractivity contribution < 1.29 is 14.7 Å². The zero-order valence-electron chi connectivity index (χ0n) is 9.33. The number of amides is 1. The first-order chi connectivity index (χ1) is 6.81. The molecule has 5 nitrogen and oxygen atoms in total. The fourth-order valence-electron chi connectivity index (χ4n) is 0.899. The highest BCUT2D eigenvalue weighted by atomic mass is 16.4. The molecule has 0 unspecified atom stereocenters. The third-order valence-corrected chi connectivity index (χ3v) is 2.16. The van der Waals surface area contributed by atoms with Crippen LogP contribution in [0.25, 0.3) is 0 Å². The Kier molecular flexibility index (Phi) is 5.00. The third-order valence-electron chi connectivity index (χ3n) is 2.16. The van der Waals surface area contributed by atoms with Gasteiger partial charge in [-0.15, -0.1) is 0 Å². The molecule has 0 spiro atoms. The first kappa shape index (κ1) is 13.6. The number of primary amides is 1. The average molecular weight is 214 g/mol. The zero-order valence-corrected chi connectivity index (χ0v) is 9.33. The van der Waals surface area contributed by atoms with Crippen molar-refractivity contribution in [3.05, 3.63) is 11.6 Å². The van der Waals surface area contributed by atoms with Crippen molar-refractivity contribution in [2.45, 2.75) is 32.7 Å². The molecule has 4 N–H and O–H groups in total. The van der Waals surface area contributed by atoms with E-state index in [1.165, 1.54) is 0 Å². The fourth-order valence-corrected chi connectivity index (χ4v) is 0.899. The number of hydrogen-bond acceptors (Lipinski definition) is 3. The second kappa shape index (κ2) is 5.50. The van der Waals surface area contributed by atoms with E-state index in [-0.39, 0.29) is 0 Å². The standard InChI is InChI=1S/C10H18N2O3/c1-4-7(8(13)14)5-6-12-10(2,3)9(11)15/h5,12H,4,6H2,1-3H3,(H2,11,15)(H,13,14). The van der Waals surface area contributed by atoms with Gasteiger partial charge in [0, 0.05) is 12.1 Å². The molecule has 0 atom stereocenters. The van der Waals surface area contributed by atoms with E-state index in [1.54, 1.807) is 26.8 Å². The molecule has 0 aromatic carbocycles. The molecular formula is C10H18N2O3. The monoisotopic (exact) mass is 214 g/mol. The van der Waals surface area contributed by atoms with Crippen LogP contribution >= 0.6 is 0 Å². The lowest BCUT2D eigenvalue weighted by molar-refractivity contribution is -0.132. The number of nitrogens with two attached hydrogens (primary N) is 1. The number of carbonyl (C=O) groups is 2. The van der Waals surface area contributed by atoms with Gasteiger partial charge in [-0.25, -0.2) is 4.79 Å². The lowest BCUT2D eigenvalue weighted by Gasteiger charge is -2.21. The number of rotatable bonds is 6. The van der Waals surface area contributed by atoms with Gasteiger partial charge in [-0.1, -0.05) is 13.0 Å². The van der Waals surface area contributed by atoms with E-state index in [0.29, 0.717) is 18.5 Å². The molecule has 0 aromatic heterocycles. The normalized spacial score (nSPS) is 12.6. The van der Waals surface area contributed by atoms with Crippen LogP contribution in [0.3, 0.4) is 0 Å². The van der Waals surface area contributed by atoms with Crippen LogP contribution in [0.2, 0.25) is 0 Å². The van der Waals surface area contributed by atoms with Crippen molar-refractivity contribution in [3.8, 4) is 0 Å². The number of aliphatic carboxylic acids is 1. The molecule has 0 aromatic rings. The number of hydrogen-bond donors (Lipinski definition) is 3. The topological polar surface area (TPSA) is 92.4 Å². The van der Waals surface area contributed by atoms with Crippen molar-refractivity contribution in [2.75, 3.05) is 6.54 Å². The van der Waals surface area contributed by atoms with Gasteiger partial charge >= 0.3 is 5.97 Å². The number of carboxylic acid groups (broad SMARTS) is 1. The molecule has 0 aliphatic rings. The Labute approximate surface area is 89.3 Å².